The number of aromatic nitrogens is 3. The zero-order valence-electron chi connectivity index (χ0n) is 11.0. The first kappa shape index (κ1) is 12.3. The highest BCUT2D eigenvalue weighted by Crippen LogP contribution is 2.24. The quantitative estimate of drug-likeness (QED) is 0.793. The lowest BCUT2D eigenvalue weighted by Gasteiger charge is -2.22. The number of hydrogen-bond acceptors (Lipinski definition) is 3. The van der Waals surface area contributed by atoms with Gasteiger partial charge in [-0.25, -0.2) is 0 Å². The second-order valence-electron chi connectivity index (χ2n) is 5.29. The van der Waals surface area contributed by atoms with Crippen LogP contribution in [0.25, 0.3) is 0 Å². The van der Waals surface area contributed by atoms with Gasteiger partial charge in [0.15, 0.2) is 0 Å². The van der Waals surface area contributed by atoms with Crippen LogP contribution in [0.2, 0.25) is 0 Å². The van der Waals surface area contributed by atoms with Crippen LogP contribution in [0.5, 0.6) is 0 Å². The highest BCUT2D eigenvalue weighted by Gasteiger charge is 2.25. The van der Waals surface area contributed by atoms with Crippen molar-refractivity contribution < 1.29 is 0 Å². The molecule has 0 unspecified atom stereocenters. The summed E-state index contributed by atoms with van der Waals surface area (Å²) in [6.45, 7) is 12.3. The largest absolute Gasteiger partial charge is 0.314 e. The van der Waals surface area contributed by atoms with Crippen molar-refractivity contribution in [2.75, 3.05) is 6.54 Å². The van der Waals surface area contributed by atoms with E-state index in [0.29, 0.717) is 5.92 Å². The molecule has 0 aromatic carbocycles. The van der Waals surface area contributed by atoms with E-state index in [9.17, 15) is 0 Å². The van der Waals surface area contributed by atoms with Gasteiger partial charge in [0.25, 0.3) is 0 Å². The summed E-state index contributed by atoms with van der Waals surface area (Å²) in [5, 5.41) is 12.2. The summed E-state index contributed by atoms with van der Waals surface area (Å²) in [5.74, 6) is 2.74. The Kier molecular flexibility index (Phi) is 3.62. The van der Waals surface area contributed by atoms with Crippen molar-refractivity contribution in [1.29, 1.82) is 0 Å². The molecule has 0 aliphatic carbocycles. The molecule has 94 valence electrons. The Morgan fingerprint density at radius 3 is 2.88 bits per heavy atom. The standard InChI is InChI=1S/C13H22N4/c1-9(2)8-14-12(10(3)4)13-16-15-11-6-5-7-17(11)13/h10,12,14H,1,5-8H2,2-4H3/t12-/m0/s1. The fourth-order valence-corrected chi connectivity index (χ4v) is 2.31. The third-order valence-electron chi connectivity index (χ3n) is 3.21. The Hall–Kier alpha value is -1.16. The van der Waals surface area contributed by atoms with Crippen LogP contribution in [0, 0.1) is 5.92 Å². The Morgan fingerprint density at radius 1 is 1.47 bits per heavy atom. The maximum absolute atomic E-state index is 4.36. The molecule has 1 atom stereocenters. The van der Waals surface area contributed by atoms with Crippen LogP contribution in [0.4, 0.5) is 0 Å². The zero-order chi connectivity index (χ0) is 12.4. The number of rotatable bonds is 5. The maximum atomic E-state index is 4.36. The molecule has 1 aliphatic heterocycles. The molecular weight excluding hydrogens is 212 g/mol. The molecule has 4 nitrogen and oxygen atoms in total. The van der Waals surface area contributed by atoms with E-state index in [0.717, 1.165) is 36.7 Å². The monoisotopic (exact) mass is 234 g/mol. The van der Waals surface area contributed by atoms with Crippen LogP contribution in [-0.2, 0) is 13.0 Å². The van der Waals surface area contributed by atoms with Crippen molar-refractivity contribution in [3.05, 3.63) is 23.8 Å². The molecular formula is C13H22N4. The Labute approximate surface area is 103 Å². The van der Waals surface area contributed by atoms with Gasteiger partial charge in [-0.05, 0) is 19.3 Å². The van der Waals surface area contributed by atoms with Crippen molar-refractivity contribution in [2.24, 2.45) is 5.92 Å². The smallest absolute Gasteiger partial charge is 0.150 e. The second-order valence-corrected chi connectivity index (χ2v) is 5.29. The minimum Gasteiger partial charge on any atom is -0.314 e. The molecule has 0 fully saturated rings. The zero-order valence-corrected chi connectivity index (χ0v) is 11.0. The van der Waals surface area contributed by atoms with E-state index in [1.165, 1.54) is 6.42 Å². The second kappa shape index (κ2) is 5.00. The molecule has 2 rings (SSSR count). The lowest BCUT2D eigenvalue weighted by atomic mass is 10.0. The Morgan fingerprint density at radius 2 is 2.24 bits per heavy atom. The first-order valence-corrected chi connectivity index (χ1v) is 6.39. The van der Waals surface area contributed by atoms with Crippen LogP contribution in [0.1, 0.15) is 44.9 Å². The van der Waals surface area contributed by atoms with Gasteiger partial charge in [-0.2, -0.15) is 0 Å². The molecule has 0 bridgehead atoms. The molecule has 0 saturated carbocycles. The van der Waals surface area contributed by atoms with Gasteiger partial charge in [0.05, 0.1) is 6.04 Å². The molecule has 1 aromatic heterocycles. The average Bonchev–Trinajstić information content (AvgIpc) is 2.80. The molecule has 0 spiro atoms. The van der Waals surface area contributed by atoms with E-state index >= 15 is 0 Å². The SMILES string of the molecule is C=C(C)CN[C@H](c1nnc2n1CCC2)C(C)C. The average molecular weight is 234 g/mol. The van der Waals surface area contributed by atoms with E-state index in [1.54, 1.807) is 0 Å². The van der Waals surface area contributed by atoms with Crippen LogP contribution < -0.4 is 5.32 Å². The molecule has 17 heavy (non-hydrogen) atoms. The van der Waals surface area contributed by atoms with E-state index in [2.05, 4.69) is 40.5 Å². The molecule has 0 radical (unpaired) electrons. The number of nitrogens with zero attached hydrogens (tertiary/aromatic N) is 3. The van der Waals surface area contributed by atoms with Crippen molar-refractivity contribution in [3.63, 3.8) is 0 Å². The van der Waals surface area contributed by atoms with Gasteiger partial charge in [0.1, 0.15) is 11.6 Å². The minimum absolute atomic E-state index is 0.269. The van der Waals surface area contributed by atoms with Crippen molar-refractivity contribution >= 4 is 0 Å². The molecule has 0 amide bonds. The number of hydrogen-bond donors (Lipinski definition) is 1. The maximum Gasteiger partial charge on any atom is 0.150 e. The van der Waals surface area contributed by atoms with Crippen molar-refractivity contribution in [3.8, 4) is 0 Å². The van der Waals surface area contributed by atoms with Gasteiger partial charge in [-0.15, -0.1) is 10.2 Å². The molecule has 2 heterocycles. The fourth-order valence-electron chi connectivity index (χ4n) is 2.31. The highest BCUT2D eigenvalue weighted by molar-refractivity contribution is 5.07. The first-order chi connectivity index (χ1) is 8.09. The topological polar surface area (TPSA) is 42.7 Å². The van der Waals surface area contributed by atoms with Crippen LogP contribution in [0.3, 0.4) is 0 Å². The van der Waals surface area contributed by atoms with Gasteiger partial charge < -0.3 is 9.88 Å². The van der Waals surface area contributed by atoms with E-state index < -0.39 is 0 Å². The summed E-state index contributed by atoms with van der Waals surface area (Å²) in [6, 6.07) is 0.269. The summed E-state index contributed by atoms with van der Waals surface area (Å²) >= 11 is 0. The molecule has 0 saturated heterocycles. The van der Waals surface area contributed by atoms with E-state index in [4.69, 9.17) is 0 Å². The van der Waals surface area contributed by atoms with Crippen molar-refractivity contribution in [1.82, 2.24) is 20.1 Å². The van der Waals surface area contributed by atoms with E-state index in [1.807, 2.05) is 6.92 Å². The third-order valence-corrected chi connectivity index (χ3v) is 3.21. The predicted molar refractivity (Wildman–Crippen MR) is 68.7 cm³/mol. The summed E-state index contributed by atoms with van der Waals surface area (Å²) in [7, 11) is 0. The van der Waals surface area contributed by atoms with Gasteiger partial charge in [-0.3, -0.25) is 0 Å². The molecule has 1 N–H and O–H groups in total. The first-order valence-electron chi connectivity index (χ1n) is 6.39. The van der Waals surface area contributed by atoms with Crippen LogP contribution >= 0.6 is 0 Å². The summed E-state index contributed by atoms with van der Waals surface area (Å²) in [4.78, 5) is 0. The Bertz CT molecular complexity index is 406. The van der Waals surface area contributed by atoms with Gasteiger partial charge in [0.2, 0.25) is 0 Å². The van der Waals surface area contributed by atoms with Crippen molar-refractivity contribution in [2.45, 2.75) is 46.2 Å². The van der Waals surface area contributed by atoms with Crippen LogP contribution in [0.15, 0.2) is 12.2 Å². The number of nitrogens with one attached hydrogen (secondary N) is 1. The van der Waals surface area contributed by atoms with E-state index in [-0.39, 0.29) is 6.04 Å². The van der Waals surface area contributed by atoms with Gasteiger partial charge >= 0.3 is 0 Å². The van der Waals surface area contributed by atoms with Gasteiger partial charge in [0, 0.05) is 19.5 Å². The van der Waals surface area contributed by atoms with Gasteiger partial charge in [-0.1, -0.05) is 26.0 Å². The fraction of sp³-hybridized carbons (Fsp3) is 0.692. The minimum atomic E-state index is 0.269. The molecule has 1 aromatic rings. The lowest BCUT2D eigenvalue weighted by molar-refractivity contribution is 0.392. The molecule has 1 aliphatic rings. The number of fused-ring (bicyclic) bond motifs is 1. The predicted octanol–water partition coefficient (Wildman–Crippen LogP) is 2.09. The molecule has 4 heteroatoms. The third kappa shape index (κ3) is 2.57. The number of aryl methyl sites for hydroxylation is 1. The normalized spacial score (nSPS) is 16.2. The summed E-state index contributed by atoms with van der Waals surface area (Å²) in [5.41, 5.74) is 1.15. The van der Waals surface area contributed by atoms with Crippen LogP contribution in [-0.4, -0.2) is 21.3 Å². The summed E-state index contributed by atoms with van der Waals surface area (Å²) < 4.78 is 2.27. The summed E-state index contributed by atoms with van der Waals surface area (Å²) in [6.07, 6.45) is 2.27. The lowest BCUT2D eigenvalue weighted by Crippen LogP contribution is -2.29. The highest BCUT2D eigenvalue weighted by atomic mass is 15.3. The Balaban J connectivity index is 2.17.